The first kappa shape index (κ1) is 16.1. The van der Waals surface area contributed by atoms with Crippen molar-refractivity contribution in [3.05, 3.63) is 63.6 Å². The lowest BCUT2D eigenvalue weighted by atomic mass is 10.2. The van der Waals surface area contributed by atoms with Crippen LogP contribution in [0.5, 0.6) is 5.75 Å². The summed E-state index contributed by atoms with van der Waals surface area (Å²) in [5, 5.41) is 7.97. The molecule has 0 bridgehead atoms. The zero-order chi connectivity index (χ0) is 15.9. The summed E-state index contributed by atoms with van der Waals surface area (Å²) in [6.07, 6.45) is 1.38. The van der Waals surface area contributed by atoms with Crippen molar-refractivity contribution in [3.8, 4) is 5.75 Å². The summed E-state index contributed by atoms with van der Waals surface area (Å²) in [6, 6.07) is 13.1. The fraction of sp³-hybridized carbons (Fsp3) is 0.0667. The molecule has 0 atom stereocenters. The van der Waals surface area contributed by atoms with Crippen molar-refractivity contribution >= 4 is 35.4 Å². The Morgan fingerprint density at radius 1 is 1.09 bits per heavy atom. The lowest BCUT2D eigenvalue weighted by Crippen LogP contribution is -2.21. The Bertz CT molecular complexity index is 675. The van der Waals surface area contributed by atoms with Gasteiger partial charge in [-0.2, -0.15) is 5.10 Å². The molecule has 114 valence electrons. The average molecular weight is 337 g/mol. The molecule has 0 saturated carbocycles. The number of guanidine groups is 1. The van der Waals surface area contributed by atoms with Crippen LogP contribution in [-0.2, 0) is 6.61 Å². The minimum atomic E-state index is -0.147. The van der Waals surface area contributed by atoms with Crippen LogP contribution in [0.15, 0.2) is 52.7 Å². The Morgan fingerprint density at radius 2 is 1.73 bits per heavy atom. The third kappa shape index (κ3) is 4.65. The summed E-state index contributed by atoms with van der Waals surface area (Å²) >= 11 is 12.3. The van der Waals surface area contributed by atoms with E-state index in [0.717, 1.165) is 5.56 Å². The Morgan fingerprint density at radius 3 is 2.32 bits per heavy atom. The number of ether oxygens (including phenoxy) is 1. The molecular weight excluding hydrogens is 323 g/mol. The van der Waals surface area contributed by atoms with E-state index >= 15 is 0 Å². The Kier molecular flexibility index (Phi) is 5.63. The van der Waals surface area contributed by atoms with Crippen molar-refractivity contribution in [2.75, 3.05) is 0 Å². The van der Waals surface area contributed by atoms with Crippen molar-refractivity contribution in [2.45, 2.75) is 6.61 Å². The predicted octanol–water partition coefficient (Wildman–Crippen LogP) is 3.18. The third-order valence-corrected chi connectivity index (χ3v) is 3.29. The van der Waals surface area contributed by atoms with Crippen LogP contribution < -0.4 is 16.2 Å². The molecule has 7 heteroatoms. The van der Waals surface area contributed by atoms with Crippen LogP contribution in [0.2, 0.25) is 10.0 Å². The summed E-state index contributed by atoms with van der Waals surface area (Å²) in [5.74, 6) is 0.421. The standard InChI is InChI=1S/C15H14Cl2N4O/c16-13-6-11(22-9-10-4-2-1-3-5-10)7-14(17)12(13)8-20-21-15(18)19/h1-8H,9H2,(H4,18,19,21)/b20-8+. The molecule has 0 aliphatic carbocycles. The molecule has 0 heterocycles. The van der Waals surface area contributed by atoms with Gasteiger partial charge in [-0.15, -0.1) is 5.10 Å². The van der Waals surface area contributed by atoms with Gasteiger partial charge in [0.15, 0.2) is 0 Å². The molecule has 22 heavy (non-hydrogen) atoms. The zero-order valence-corrected chi connectivity index (χ0v) is 13.1. The fourth-order valence-corrected chi connectivity index (χ4v) is 2.23. The minimum Gasteiger partial charge on any atom is -0.489 e. The van der Waals surface area contributed by atoms with E-state index in [1.807, 2.05) is 30.3 Å². The molecular formula is C15H14Cl2N4O. The van der Waals surface area contributed by atoms with Crippen LogP contribution >= 0.6 is 23.2 Å². The summed E-state index contributed by atoms with van der Waals surface area (Å²) in [4.78, 5) is 0. The maximum Gasteiger partial charge on any atom is 0.211 e. The highest BCUT2D eigenvalue weighted by Crippen LogP contribution is 2.29. The molecule has 0 saturated heterocycles. The van der Waals surface area contributed by atoms with E-state index < -0.39 is 0 Å². The van der Waals surface area contributed by atoms with Crippen LogP contribution in [0.1, 0.15) is 11.1 Å². The third-order valence-electron chi connectivity index (χ3n) is 2.66. The molecule has 0 radical (unpaired) electrons. The maximum atomic E-state index is 6.17. The number of nitrogens with two attached hydrogens (primary N) is 2. The first-order chi connectivity index (χ1) is 10.6. The number of halogens is 2. The molecule has 0 spiro atoms. The van der Waals surface area contributed by atoms with Gasteiger partial charge in [-0.25, -0.2) is 0 Å². The minimum absolute atomic E-state index is 0.147. The molecule has 0 aliphatic heterocycles. The van der Waals surface area contributed by atoms with Gasteiger partial charge in [0.25, 0.3) is 0 Å². The topological polar surface area (TPSA) is 86.0 Å². The van der Waals surface area contributed by atoms with E-state index in [1.165, 1.54) is 6.21 Å². The van der Waals surface area contributed by atoms with Crippen molar-refractivity contribution in [3.63, 3.8) is 0 Å². The quantitative estimate of drug-likeness (QED) is 0.499. The molecule has 0 aliphatic rings. The van der Waals surface area contributed by atoms with Crippen molar-refractivity contribution in [2.24, 2.45) is 21.7 Å². The largest absolute Gasteiger partial charge is 0.489 e. The van der Waals surface area contributed by atoms with Gasteiger partial charge in [-0.05, 0) is 17.7 Å². The van der Waals surface area contributed by atoms with Crippen LogP contribution in [-0.4, -0.2) is 12.2 Å². The van der Waals surface area contributed by atoms with Gasteiger partial charge in [0.05, 0.1) is 16.3 Å². The SMILES string of the molecule is NC(N)=N/N=C/c1c(Cl)cc(OCc2ccccc2)cc1Cl. The molecule has 2 aromatic carbocycles. The zero-order valence-electron chi connectivity index (χ0n) is 11.5. The van der Waals surface area contributed by atoms with Gasteiger partial charge >= 0.3 is 0 Å². The summed E-state index contributed by atoms with van der Waals surface area (Å²) < 4.78 is 5.67. The number of nitrogens with zero attached hydrogens (tertiary/aromatic N) is 2. The summed E-state index contributed by atoms with van der Waals surface area (Å²) in [7, 11) is 0. The van der Waals surface area contributed by atoms with E-state index in [2.05, 4.69) is 10.2 Å². The van der Waals surface area contributed by atoms with E-state index in [-0.39, 0.29) is 5.96 Å². The second kappa shape index (κ2) is 7.68. The van der Waals surface area contributed by atoms with Gasteiger partial charge in [-0.3, -0.25) is 0 Å². The normalized spacial score (nSPS) is 10.6. The highest BCUT2D eigenvalue weighted by Gasteiger charge is 2.07. The van der Waals surface area contributed by atoms with Crippen molar-refractivity contribution in [1.82, 2.24) is 0 Å². The molecule has 4 N–H and O–H groups in total. The Hall–Kier alpha value is -2.24. The highest BCUT2D eigenvalue weighted by molar-refractivity contribution is 6.38. The van der Waals surface area contributed by atoms with Gasteiger partial charge in [0.2, 0.25) is 5.96 Å². The van der Waals surface area contributed by atoms with Crippen LogP contribution in [0, 0.1) is 0 Å². The molecule has 0 fully saturated rings. The first-order valence-corrected chi connectivity index (χ1v) is 7.09. The second-order valence-electron chi connectivity index (χ2n) is 4.34. The number of benzene rings is 2. The number of hydrogen-bond donors (Lipinski definition) is 2. The van der Waals surface area contributed by atoms with Gasteiger partial charge in [0.1, 0.15) is 12.4 Å². The molecule has 0 aromatic heterocycles. The molecule has 0 amide bonds. The number of rotatable bonds is 5. The van der Waals surface area contributed by atoms with E-state index in [9.17, 15) is 0 Å². The highest BCUT2D eigenvalue weighted by atomic mass is 35.5. The van der Waals surface area contributed by atoms with Crippen LogP contribution in [0.4, 0.5) is 0 Å². The van der Waals surface area contributed by atoms with Gasteiger partial charge in [-0.1, -0.05) is 53.5 Å². The van der Waals surface area contributed by atoms with E-state index in [0.29, 0.717) is 28.0 Å². The molecule has 5 nitrogen and oxygen atoms in total. The smallest absolute Gasteiger partial charge is 0.211 e. The first-order valence-electron chi connectivity index (χ1n) is 6.34. The lowest BCUT2D eigenvalue weighted by Gasteiger charge is -2.09. The van der Waals surface area contributed by atoms with E-state index in [1.54, 1.807) is 12.1 Å². The second-order valence-corrected chi connectivity index (χ2v) is 5.16. The lowest BCUT2D eigenvalue weighted by molar-refractivity contribution is 0.306. The average Bonchev–Trinajstić information content (AvgIpc) is 2.49. The summed E-state index contributed by atoms with van der Waals surface area (Å²) in [6.45, 7) is 0.426. The van der Waals surface area contributed by atoms with E-state index in [4.69, 9.17) is 39.4 Å². The molecule has 2 aromatic rings. The van der Waals surface area contributed by atoms with Crippen molar-refractivity contribution in [1.29, 1.82) is 0 Å². The Balaban J connectivity index is 2.12. The fourth-order valence-electron chi connectivity index (χ4n) is 1.66. The number of hydrogen-bond acceptors (Lipinski definition) is 3. The predicted molar refractivity (Wildman–Crippen MR) is 90.6 cm³/mol. The monoisotopic (exact) mass is 336 g/mol. The molecule has 2 rings (SSSR count). The maximum absolute atomic E-state index is 6.17. The Labute approximate surface area is 138 Å². The van der Waals surface area contributed by atoms with Crippen molar-refractivity contribution < 1.29 is 4.74 Å². The summed E-state index contributed by atoms with van der Waals surface area (Å²) in [5.41, 5.74) is 11.9. The van der Waals surface area contributed by atoms with Gasteiger partial charge in [0, 0.05) is 5.56 Å². The van der Waals surface area contributed by atoms with Crippen LogP contribution in [0.25, 0.3) is 0 Å². The van der Waals surface area contributed by atoms with Crippen LogP contribution in [0.3, 0.4) is 0 Å². The molecule has 0 unspecified atom stereocenters. The van der Waals surface area contributed by atoms with Gasteiger partial charge < -0.3 is 16.2 Å².